The summed E-state index contributed by atoms with van der Waals surface area (Å²) in [5.41, 5.74) is 1.86. The minimum Gasteiger partial charge on any atom is -0.356 e. The van der Waals surface area contributed by atoms with Crippen LogP contribution in [0, 0.1) is 14.3 Å². The van der Waals surface area contributed by atoms with Gasteiger partial charge in [-0.1, -0.05) is 12.1 Å². The topological polar surface area (TPSA) is 85.7 Å². The molecule has 0 saturated heterocycles. The van der Waals surface area contributed by atoms with Crippen molar-refractivity contribution in [1.82, 2.24) is 15.0 Å². The lowest BCUT2D eigenvalue weighted by Gasteiger charge is -2.35. The lowest BCUT2D eigenvalue weighted by molar-refractivity contribution is 0.342. The SMILES string of the molecule is CN(c1ncnc2[nH]ccc12)C1CCC(C[S@@](=N)(=O)Cc2ccc(I)cc2)CC1. The Hall–Kier alpha value is -1.68. The van der Waals surface area contributed by atoms with Gasteiger partial charge in [-0.3, -0.25) is 4.78 Å². The second-order valence-electron chi connectivity index (χ2n) is 7.97. The number of anilines is 1. The molecular formula is C21H26IN5OS. The lowest BCUT2D eigenvalue weighted by Crippen LogP contribution is -2.37. The van der Waals surface area contributed by atoms with Gasteiger partial charge in [-0.15, -0.1) is 0 Å². The molecule has 154 valence electrons. The van der Waals surface area contributed by atoms with Crippen LogP contribution in [-0.4, -0.2) is 38.0 Å². The fourth-order valence-electron chi connectivity index (χ4n) is 4.30. The first-order valence-corrected chi connectivity index (χ1v) is 12.9. The van der Waals surface area contributed by atoms with Crippen molar-refractivity contribution in [3.63, 3.8) is 0 Å². The van der Waals surface area contributed by atoms with Gasteiger partial charge in [0.25, 0.3) is 0 Å². The largest absolute Gasteiger partial charge is 0.356 e. The number of nitrogens with zero attached hydrogens (tertiary/aromatic N) is 3. The van der Waals surface area contributed by atoms with Crippen LogP contribution in [0.25, 0.3) is 11.0 Å². The molecule has 8 heteroatoms. The van der Waals surface area contributed by atoms with E-state index in [0.717, 1.165) is 51.7 Å². The van der Waals surface area contributed by atoms with Crippen LogP contribution in [-0.2, 0) is 15.5 Å². The van der Waals surface area contributed by atoms with Crippen LogP contribution < -0.4 is 4.90 Å². The standard InChI is InChI=1S/C21H26IN5OS/c1-27(21-19-10-11-24-20(19)25-14-26-21)18-8-4-16(5-9-18)13-29(23,28)12-15-2-6-17(22)7-3-15/h2-3,6-7,10-11,14,16,18,23H,4-5,8-9,12-13H2,1H3,(H,24,25,26)/t16?,18?,29-/m0/s1. The molecule has 0 amide bonds. The highest BCUT2D eigenvalue weighted by Crippen LogP contribution is 2.32. The molecule has 1 aliphatic rings. The summed E-state index contributed by atoms with van der Waals surface area (Å²) in [6.45, 7) is 0. The van der Waals surface area contributed by atoms with E-state index >= 15 is 0 Å². The fourth-order valence-corrected chi connectivity index (χ4v) is 6.60. The molecule has 0 unspecified atom stereocenters. The molecule has 0 radical (unpaired) electrons. The van der Waals surface area contributed by atoms with E-state index in [2.05, 4.69) is 49.5 Å². The van der Waals surface area contributed by atoms with Crippen molar-refractivity contribution >= 4 is 49.2 Å². The molecule has 2 N–H and O–H groups in total. The Labute approximate surface area is 185 Å². The van der Waals surface area contributed by atoms with E-state index in [9.17, 15) is 4.21 Å². The highest BCUT2D eigenvalue weighted by atomic mass is 127. The van der Waals surface area contributed by atoms with Gasteiger partial charge in [0, 0.05) is 38.3 Å². The maximum Gasteiger partial charge on any atom is 0.142 e. The molecular weight excluding hydrogens is 497 g/mol. The number of hydrogen-bond donors (Lipinski definition) is 2. The number of halogens is 1. The van der Waals surface area contributed by atoms with Gasteiger partial charge >= 0.3 is 0 Å². The zero-order valence-corrected chi connectivity index (χ0v) is 19.4. The van der Waals surface area contributed by atoms with Gasteiger partial charge in [-0.05, 0) is 78.0 Å². The molecule has 2 heterocycles. The van der Waals surface area contributed by atoms with Gasteiger partial charge in [-0.2, -0.15) is 0 Å². The number of fused-ring (bicyclic) bond motifs is 1. The molecule has 0 aliphatic heterocycles. The van der Waals surface area contributed by atoms with Crippen molar-refractivity contribution in [3.05, 3.63) is 52.0 Å². The molecule has 3 aromatic rings. The van der Waals surface area contributed by atoms with E-state index in [1.807, 2.05) is 36.5 Å². The molecule has 4 rings (SSSR count). The van der Waals surface area contributed by atoms with Gasteiger partial charge in [0.1, 0.15) is 17.8 Å². The zero-order chi connectivity index (χ0) is 20.4. The summed E-state index contributed by atoms with van der Waals surface area (Å²) < 4.78 is 22.4. The number of nitrogens with one attached hydrogen (secondary N) is 2. The van der Waals surface area contributed by atoms with E-state index in [-0.39, 0.29) is 0 Å². The quantitative estimate of drug-likeness (QED) is 0.455. The number of benzene rings is 1. The van der Waals surface area contributed by atoms with Crippen molar-refractivity contribution < 1.29 is 4.21 Å². The molecule has 1 saturated carbocycles. The summed E-state index contributed by atoms with van der Waals surface area (Å²) in [4.78, 5) is 14.2. The fraction of sp³-hybridized carbons (Fsp3) is 0.429. The van der Waals surface area contributed by atoms with E-state index in [4.69, 9.17) is 4.78 Å². The minimum absolute atomic E-state index is 0.357. The highest BCUT2D eigenvalue weighted by molar-refractivity contribution is 14.1. The van der Waals surface area contributed by atoms with Crippen LogP contribution in [0.4, 0.5) is 5.82 Å². The average Bonchev–Trinajstić information content (AvgIpc) is 3.18. The maximum absolute atomic E-state index is 12.9. The predicted molar refractivity (Wildman–Crippen MR) is 127 cm³/mol. The summed E-state index contributed by atoms with van der Waals surface area (Å²) in [6.07, 6.45) is 7.60. The number of aromatic amines is 1. The molecule has 1 atom stereocenters. The molecule has 1 fully saturated rings. The first-order chi connectivity index (χ1) is 13.9. The summed E-state index contributed by atoms with van der Waals surface area (Å²) in [6, 6.07) is 10.4. The Morgan fingerprint density at radius 2 is 1.90 bits per heavy atom. The lowest BCUT2D eigenvalue weighted by atomic mass is 9.86. The Balaban J connectivity index is 1.35. The third kappa shape index (κ3) is 4.91. The summed E-state index contributed by atoms with van der Waals surface area (Å²) >= 11 is 2.26. The van der Waals surface area contributed by atoms with Crippen LogP contribution in [0.15, 0.2) is 42.9 Å². The summed E-state index contributed by atoms with van der Waals surface area (Å²) in [5.74, 6) is 2.19. The van der Waals surface area contributed by atoms with E-state index in [1.165, 1.54) is 0 Å². The second-order valence-corrected chi connectivity index (χ2v) is 11.5. The van der Waals surface area contributed by atoms with Crippen molar-refractivity contribution in [1.29, 1.82) is 4.78 Å². The Morgan fingerprint density at radius 1 is 1.17 bits per heavy atom. The molecule has 29 heavy (non-hydrogen) atoms. The van der Waals surface area contributed by atoms with Crippen molar-refractivity contribution in [2.75, 3.05) is 17.7 Å². The van der Waals surface area contributed by atoms with Crippen molar-refractivity contribution in [2.45, 2.75) is 37.5 Å². The maximum atomic E-state index is 12.9. The minimum atomic E-state index is -2.60. The molecule has 2 aromatic heterocycles. The Kier molecular flexibility index (Phi) is 6.10. The number of H-pyrrole nitrogens is 1. The molecule has 1 aliphatic carbocycles. The Bertz CT molecular complexity index is 1070. The number of aromatic nitrogens is 3. The molecule has 1 aromatic carbocycles. The second kappa shape index (κ2) is 8.59. The van der Waals surface area contributed by atoms with Crippen LogP contribution in [0.1, 0.15) is 31.2 Å². The van der Waals surface area contributed by atoms with Gasteiger partial charge in [0.15, 0.2) is 0 Å². The van der Waals surface area contributed by atoms with Crippen LogP contribution in [0.3, 0.4) is 0 Å². The third-order valence-corrected chi connectivity index (χ3v) is 8.38. The molecule has 0 bridgehead atoms. The monoisotopic (exact) mass is 523 g/mol. The van der Waals surface area contributed by atoms with Crippen molar-refractivity contribution in [3.8, 4) is 0 Å². The number of rotatable bonds is 6. The van der Waals surface area contributed by atoms with Crippen LogP contribution in [0.2, 0.25) is 0 Å². The Morgan fingerprint density at radius 3 is 2.62 bits per heavy atom. The first kappa shape index (κ1) is 20.6. The summed E-state index contributed by atoms with van der Waals surface area (Å²) in [5, 5.41) is 1.05. The van der Waals surface area contributed by atoms with Gasteiger partial charge in [0.05, 0.1) is 11.1 Å². The average molecular weight is 523 g/mol. The number of hydrogen-bond acceptors (Lipinski definition) is 5. The molecule has 6 nitrogen and oxygen atoms in total. The predicted octanol–water partition coefficient (Wildman–Crippen LogP) is 4.80. The third-order valence-electron chi connectivity index (χ3n) is 5.85. The molecule has 0 spiro atoms. The highest BCUT2D eigenvalue weighted by Gasteiger charge is 2.27. The van der Waals surface area contributed by atoms with Gasteiger partial charge in [0.2, 0.25) is 0 Å². The van der Waals surface area contributed by atoms with Gasteiger partial charge in [-0.25, -0.2) is 14.2 Å². The zero-order valence-electron chi connectivity index (χ0n) is 16.5. The van der Waals surface area contributed by atoms with Crippen molar-refractivity contribution in [2.24, 2.45) is 5.92 Å². The van der Waals surface area contributed by atoms with Crippen LogP contribution >= 0.6 is 22.6 Å². The first-order valence-electron chi connectivity index (χ1n) is 9.91. The van der Waals surface area contributed by atoms with E-state index in [0.29, 0.717) is 23.5 Å². The van der Waals surface area contributed by atoms with E-state index < -0.39 is 9.73 Å². The van der Waals surface area contributed by atoms with E-state index in [1.54, 1.807) is 6.33 Å². The van der Waals surface area contributed by atoms with Crippen LogP contribution in [0.5, 0.6) is 0 Å². The summed E-state index contributed by atoms with van der Waals surface area (Å²) in [7, 11) is -0.498. The van der Waals surface area contributed by atoms with Gasteiger partial charge < -0.3 is 9.88 Å². The normalized spacial score (nSPS) is 21.7. The smallest absolute Gasteiger partial charge is 0.142 e.